The molecule has 10 nitrogen and oxygen atoms in total. The molecule has 3 heterocycles. The van der Waals surface area contributed by atoms with E-state index in [0.29, 0.717) is 12.8 Å². The summed E-state index contributed by atoms with van der Waals surface area (Å²) in [6.07, 6.45) is -0.850. The van der Waals surface area contributed by atoms with Crippen LogP contribution in [0.2, 0.25) is 0 Å². The van der Waals surface area contributed by atoms with Crippen LogP contribution < -0.4 is 10.6 Å². The molecule has 4 amide bonds. The average molecular weight is 453 g/mol. The van der Waals surface area contributed by atoms with E-state index < -0.39 is 60.0 Å². The fourth-order valence-corrected chi connectivity index (χ4v) is 4.93. The number of carbonyl (C=O) groups is 4. The molecule has 6 atom stereocenters. The number of hydrogen-bond acceptors (Lipinski definition) is 6. The molecule has 0 bridgehead atoms. The van der Waals surface area contributed by atoms with Gasteiger partial charge in [0.25, 0.3) is 0 Å². The zero-order valence-electron chi connectivity index (χ0n) is 19.3. The maximum absolute atomic E-state index is 13.4. The number of hydrogen-bond donors (Lipinski definition) is 4. The summed E-state index contributed by atoms with van der Waals surface area (Å²) in [7, 11) is 0. The summed E-state index contributed by atoms with van der Waals surface area (Å²) in [6, 6.07) is -3.59. The van der Waals surface area contributed by atoms with Gasteiger partial charge in [-0.25, -0.2) is 0 Å². The predicted octanol–water partition coefficient (Wildman–Crippen LogP) is -1.01. The van der Waals surface area contributed by atoms with E-state index in [0.717, 1.165) is 0 Å². The lowest BCUT2D eigenvalue weighted by Gasteiger charge is -2.35. The Morgan fingerprint density at radius 2 is 1.09 bits per heavy atom. The Balaban J connectivity index is 2.00. The summed E-state index contributed by atoms with van der Waals surface area (Å²) in [5.74, 6) is -1.64. The minimum atomic E-state index is -0.911. The first-order chi connectivity index (χ1) is 15.0. The molecule has 0 aliphatic carbocycles. The van der Waals surface area contributed by atoms with Crippen molar-refractivity contribution in [2.75, 3.05) is 13.1 Å². The summed E-state index contributed by atoms with van der Waals surface area (Å²) in [6.45, 7) is 7.68. The summed E-state index contributed by atoms with van der Waals surface area (Å²) in [5, 5.41) is 26.0. The van der Waals surface area contributed by atoms with Crippen LogP contribution >= 0.6 is 0 Å². The van der Waals surface area contributed by atoms with Crippen molar-refractivity contribution in [2.24, 2.45) is 11.8 Å². The summed E-state index contributed by atoms with van der Waals surface area (Å²) >= 11 is 0. The standard InChI is InChI=1S/C22H36N4O6/c1-11(2)5-15-21(31)25-9-13(27)8-18(25)20(30)24-16(6-12(3)4)22(32)26-10-14(28)7-17(26)19(29)23-15/h11-18,27-28H,5-10H2,1-4H3,(H,23,29)(H,24,30). The lowest BCUT2D eigenvalue weighted by atomic mass is 9.99. The number of aliphatic hydroxyl groups excluding tert-OH is 2. The Bertz CT molecular complexity index is 695. The molecule has 0 aromatic rings. The van der Waals surface area contributed by atoms with Crippen molar-refractivity contribution in [3.63, 3.8) is 0 Å². The van der Waals surface area contributed by atoms with Crippen LogP contribution in [0.1, 0.15) is 53.4 Å². The Labute approximate surface area is 188 Å². The molecule has 3 rings (SSSR count). The van der Waals surface area contributed by atoms with E-state index in [1.807, 2.05) is 27.7 Å². The average Bonchev–Trinajstić information content (AvgIpc) is 3.27. The summed E-state index contributed by atoms with van der Waals surface area (Å²) < 4.78 is 0. The van der Waals surface area contributed by atoms with Gasteiger partial charge in [0.15, 0.2) is 0 Å². The molecule has 0 radical (unpaired) electrons. The number of rotatable bonds is 4. The van der Waals surface area contributed by atoms with E-state index in [9.17, 15) is 29.4 Å². The fourth-order valence-electron chi connectivity index (χ4n) is 4.93. The van der Waals surface area contributed by atoms with Gasteiger partial charge in [0, 0.05) is 25.9 Å². The quantitative estimate of drug-likeness (QED) is 0.431. The topological polar surface area (TPSA) is 139 Å². The lowest BCUT2D eigenvalue weighted by Crippen LogP contribution is -2.61. The fraction of sp³-hybridized carbons (Fsp3) is 0.818. The molecule has 10 heteroatoms. The van der Waals surface area contributed by atoms with Gasteiger partial charge in [0.2, 0.25) is 23.6 Å². The third kappa shape index (κ3) is 5.23. The van der Waals surface area contributed by atoms with Gasteiger partial charge >= 0.3 is 0 Å². The first-order valence-corrected chi connectivity index (χ1v) is 11.6. The smallest absolute Gasteiger partial charge is 0.245 e. The van der Waals surface area contributed by atoms with Crippen LogP contribution in [0, 0.1) is 11.8 Å². The van der Waals surface area contributed by atoms with Crippen LogP contribution in [0.25, 0.3) is 0 Å². The lowest BCUT2D eigenvalue weighted by molar-refractivity contribution is -0.147. The SMILES string of the molecule is CC(C)CC1NC(=O)C2CC(O)CN2C(=O)C(CC(C)C)NC(=O)C2CC(O)CN2C1=O. The van der Waals surface area contributed by atoms with Crippen molar-refractivity contribution in [1.29, 1.82) is 0 Å². The third-order valence-corrected chi connectivity index (χ3v) is 6.37. The molecule has 3 saturated heterocycles. The maximum atomic E-state index is 13.4. The third-order valence-electron chi connectivity index (χ3n) is 6.37. The van der Waals surface area contributed by atoms with Crippen LogP contribution in [0.3, 0.4) is 0 Å². The first kappa shape index (κ1) is 24.4. The second-order valence-electron chi connectivity index (χ2n) is 10.2. The summed E-state index contributed by atoms with van der Waals surface area (Å²) in [5.41, 5.74) is 0. The molecule has 0 aromatic carbocycles. The van der Waals surface area contributed by atoms with Gasteiger partial charge in [0.1, 0.15) is 24.2 Å². The number of amides is 4. The number of nitrogens with one attached hydrogen (secondary N) is 2. The largest absolute Gasteiger partial charge is 0.391 e. The van der Waals surface area contributed by atoms with E-state index in [-0.39, 0.29) is 37.8 Å². The zero-order valence-corrected chi connectivity index (χ0v) is 19.3. The van der Waals surface area contributed by atoms with E-state index in [1.165, 1.54) is 9.80 Å². The van der Waals surface area contributed by atoms with Crippen LogP contribution in [-0.4, -0.2) is 93.1 Å². The second kappa shape index (κ2) is 9.74. The Morgan fingerprint density at radius 3 is 1.41 bits per heavy atom. The van der Waals surface area contributed by atoms with Gasteiger partial charge in [-0.2, -0.15) is 0 Å². The van der Waals surface area contributed by atoms with Gasteiger partial charge < -0.3 is 30.6 Å². The maximum Gasteiger partial charge on any atom is 0.245 e. The molecule has 0 aromatic heterocycles. The predicted molar refractivity (Wildman–Crippen MR) is 115 cm³/mol. The highest BCUT2D eigenvalue weighted by Gasteiger charge is 2.47. The molecule has 180 valence electrons. The molecule has 0 saturated carbocycles. The van der Waals surface area contributed by atoms with E-state index >= 15 is 0 Å². The van der Waals surface area contributed by atoms with E-state index in [2.05, 4.69) is 10.6 Å². The zero-order chi connectivity index (χ0) is 23.7. The Kier molecular flexibility index (Phi) is 7.44. The highest BCUT2D eigenvalue weighted by Crippen LogP contribution is 2.25. The second-order valence-corrected chi connectivity index (χ2v) is 10.2. The number of aliphatic hydroxyl groups is 2. The number of nitrogens with zero attached hydrogens (tertiary/aromatic N) is 2. The molecule has 3 aliphatic heterocycles. The molecule has 0 spiro atoms. The minimum Gasteiger partial charge on any atom is -0.391 e. The normalized spacial score (nSPS) is 34.2. The highest BCUT2D eigenvalue weighted by molar-refractivity contribution is 5.98. The summed E-state index contributed by atoms with van der Waals surface area (Å²) in [4.78, 5) is 55.8. The highest BCUT2D eigenvalue weighted by atomic mass is 16.3. The van der Waals surface area contributed by atoms with Gasteiger partial charge in [0.05, 0.1) is 12.2 Å². The molecule has 4 N–H and O–H groups in total. The molecular formula is C22H36N4O6. The van der Waals surface area contributed by atoms with Crippen LogP contribution in [0.4, 0.5) is 0 Å². The van der Waals surface area contributed by atoms with Crippen LogP contribution in [-0.2, 0) is 19.2 Å². The Morgan fingerprint density at radius 1 is 0.750 bits per heavy atom. The van der Waals surface area contributed by atoms with E-state index in [1.54, 1.807) is 0 Å². The van der Waals surface area contributed by atoms with Gasteiger partial charge in [-0.15, -0.1) is 0 Å². The number of carbonyl (C=O) groups excluding carboxylic acids is 4. The van der Waals surface area contributed by atoms with Crippen molar-refractivity contribution in [2.45, 2.75) is 89.8 Å². The van der Waals surface area contributed by atoms with Crippen molar-refractivity contribution < 1.29 is 29.4 Å². The number of fused-ring (bicyclic) bond motifs is 2. The van der Waals surface area contributed by atoms with Crippen molar-refractivity contribution in [1.82, 2.24) is 20.4 Å². The Hall–Kier alpha value is -2.20. The first-order valence-electron chi connectivity index (χ1n) is 11.6. The molecule has 3 fully saturated rings. The molecule has 3 aliphatic rings. The van der Waals surface area contributed by atoms with Gasteiger partial charge in [-0.05, 0) is 24.7 Å². The van der Waals surface area contributed by atoms with Crippen molar-refractivity contribution in [3.8, 4) is 0 Å². The molecular weight excluding hydrogens is 416 g/mol. The van der Waals surface area contributed by atoms with Crippen LogP contribution in [0.5, 0.6) is 0 Å². The minimum absolute atomic E-state index is 0.00154. The van der Waals surface area contributed by atoms with Crippen LogP contribution in [0.15, 0.2) is 0 Å². The van der Waals surface area contributed by atoms with Crippen molar-refractivity contribution in [3.05, 3.63) is 0 Å². The monoisotopic (exact) mass is 452 g/mol. The van der Waals surface area contributed by atoms with Gasteiger partial charge in [-0.1, -0.05) is 27.7 Å². The van der Waals surface area contributed by atoms with E-state index in [4.69, 9.17) is 0 Å². The van der Waals surface area contributed by atoms with Crippen molar-refractivity contribution >= 4 is 23.6 Å². The molecule has 32 heavy (non-hydrogen) atoms. The molecule has 6 unspecified atom stereocenters. The van der Waals surface area contributed by atoms with Gasteiger partial charge in [-0.3, -0.25) is 19.2 Å².